The first-order valence-electron chi connectivity index (χ1n) is 8.66. The largest absolute Gasteiger partial charge is 0.463 e. The summed E-state index contributed by atoms with van der Waals surface area (Å²) >= 11 is 0. The number of nitrogens with one attached hydrogen (secondary N) is 1. The van der Waals surface area contributed by atoms with Crippen LogP contribution in [0.15, 0.2) is 64.0 Å². The highest BCUT2D eigenvalue weighted by Crippen LogP contribution is 2.15. The van der Waals surface area contributed by atoms with E-state index in [0.29, 0.717) is 17.1 Å². The van der Waals surface area contributed by atoms with E-state index in [-0.39, 0.29) is 18.0 Å². The molecule has 2 aromatic heterocycles. The standard InChI is InChI=1S/C20H21N3O3/c1-2-3-5-15-7-9-16(10-8-15)21-19(24)14-23-20(25)12-11-17(22-23)18-6-4-13-26-18/h4,6-13H,2-3,5,14H2,1H3,(H,21,24). The number of benzene rings is 1. The molecular formula is C20H21N3O3. The van der Waals surface area contributed by atoms with Crippen molar-refractivity contribution in [2.45, 2.75) is 32.7 Å². The second kappa shape index (κ2) is 8.29. The molecule has 1 aromatic carbocycles. The molecule has 0 unspecified atom stereocenters. The summed E-state index contributed by atoms with van der Waals surface area (Å²) in [4.78, 5) is 24.2. The van der Waals surface area contributed by atoms with Crippen molar-refractivity contribution >= 4 is 11.6 Å². The monoisotopic (exact) mass is 351 g/mol. The predicted octanol–water partition coefficient (Wildman–Crippen LogP) is 3.48. The summed E-state index contributed by atoms with van der Waals surface area (Å²) in [5.74, 6) is 0.235. The maximum Gasteiger partial charge on any atom is 0.267 e. The molecule has 1 N–H and O–H groups in total. The lowest BCUT2D eigenvalue weighted by Crippen LogP contribution is -2.29. The second-order valence-corrected chi connectivity index (χ2v) is 6.04. The van der Waals surface area contributed by atoms with Crippen LogP contribution < -0.4 is 10.9 Å². The highest BCUT2D eigenvalue weighted by molar-refractivity contribution is 5.90. The van der Waals surface area contributed by atoms with Gasteiger partial charge >= 0.3 is 0 Å². The Hall–Kier alpha value is -3.15. The summed E-state index contributed by atoms with van der Waals surface area (Å²) in [5.41, 5.74) is 2.10. The lowest BCUT2D eigenvalue weighted by molar-refractivity contribution is -0.117. The van der Waals surface area contributed by atoms with Crippen LogP contribution in [0.2, 0.25) is 0 Å². The first kappa shape index (κ1) is 17.7. The number of aryl methyl sites for hydroxylation is 1. The van der Waals surface area contributed by atoms with Crippen LogP contribution >= 0.6 is 0 Å². The zero-order valence-electron chi connectivity index (χ0n) is 14.6. The highest BCUT2D eigenvalue weighted by Gasteiger charge is 2.09. The molecule has 2 heterocycles. The van der Waals surface area contributed by atoms with Crippen LogP contribution in [0, 0.1) is 0 Å². The number of hydrogen-bond donors (Lipinski definition) is 1. The van der Waals surface area contributed by atoms with Gasteiger partial charge in [0.25, 0.3) is 5.56 Å². The summed E-state index contributed by atoms with van der Waals surface area (Å²) in [6.45, 7) is 2.00. The van der Waals surface area contributed by atoms with Crippen LogP contribution in [-0.4, -0.2) is 15.7 Å². The van der Waals surface area contributed by atoms with Gasteiger partial charge in [0.05, 0.1) is 6.26 Å². The second-order valence-electron chi connectivity index (χ2n) is 6.04. The number of amides is 1. The van der Waals surface area contributed by atoms with Gasteiger partial charge in [0.15, 0.2) is 5.76 Å². The van der Waals surface area contributed by atoms with Crippen LogP contribution in [0.3, 0.4) is 0 Å². The highest BCUT2D eigenvalue weighted by atomic mass is 16.3. The fourth-order valence-corrected chi connectivity index (χ4v) is 2.59. The van der Waals surface area contributed by atoms with Crippen molar-refractivity contribution in [2.75, 3.05) is 5.32 Å². The fraction of sp³-hybridized carbons (Fsp3) is 0.250. The lowest BCUT2D eigenvalue weighted by atomic mass is 10.1. The Morgan fingerprint density at radius 3 is 2.65 bits per heavy atom. The van der Waals surface area contributed by atoms with E-state index in [1.807, 2.05) is 24.3 Å². The van der Waals surface area contributed by atoms with Crippen molar-refractivity contribution in [2.24, 2.45) is 0 Å². The van der Waals surface area contributed by atoms with Crippen LogP contribution in [0.25, 0.3) is 11.5 Å². The topological polar surface area (TPSA) is 77.1 Å². The van der Waals surface area contributed by atoms with E-state index in [1.165, 1.54) is 17.9 Å². The third-order valence-electron chi connectivity index (χ3n) is 3.99. The van der Waals surface area contributed by atoms with E-state index in [4.69, 9.17) is 4.42 Å². The molecule has 0 spiro atoms. The molecule has 0 atom stereocenters. The van der Waals surface area contributed by atoms with Gasteiger partial charge in [0, 0.05) is 11.8 Å². The summed E-state index contributed by atoms with van der Waals surface area (Å²) < 4.78 is 6.40. The van der Waals surface area contributed by atoms with Crippen molar-refractivity contribution in [3.05, 3.63) is 70.7 Å². The average molecular weight is 351 g/mol. The van der Waals surface area contributed by atoms with Gasteiger partial charge in [0.2, 0.25) is 5.91 Å². The molecule has 26 heavy (non-hydrogen) atoms. The molecule has 0 aliphatic heterocycles. The van der Waals surface area contributed by atoms with Crippen LogP contribution in [-0.2, 0) is 17.8 Å². The van der Waals surface area contributed by atoms with Crippen LogP contribution in [0.4, 0.5) is 5.69 Å². The van der Waals surface area contributed by atoms with Gasteiger partial charge in [-0.2, -0.15) is 5.10 Å². The number of unbranched alkanes of at least 4 members (excludes halogenated alkanes) is 1. The number of furan rings is 1. The molecule has 0 bridgehead atoms. The maximum absolute atomic E-state index is 12.3. The van der Waals surface area contributed by atoms with Gasteiger partial charge in [-0.1, -0.05) is 25.5 Å². The smallest absolute Gasteiger partial charge is 0.267 e. The quantitative estimate of drug-likeness (QED) is 0.707. The van der Waals surface area contributed by atoms with Crippen molar-refractivity contribution in [3.8, 4) is 11.5 Å². The molecule has 0 aliphatic carbocycles. The van der Waals surface area contributed by atoms with Gasteiger partial charge < -0.3 is 9.73 Å². The van der Waals surface area contributed by atoms with Crippen molar-refractivity contribution in [1.29, 1.82) is 0 Å². The third-order valence-corrected chi connectivity index (χ3v) is 3.99. The Morgan fingerprint density at radius 2 is 1.96 bits per heavy atom. The molecule has 0 radical (unpaired) electrons. The van der Waals surface area contributed by atoms with E-state index < -0.39 is 0 Å². The summed E-state index contributed by atoms with van der Waals surface area (Å²) in [6, 6.07) is 14.2. The lowest BCUT2D eigenvalue weighted by Gasteiger charge is -2.08. The number of anilines is 1. The zero-order valence-corrected chi connectivity index (χ0v) is 14.6. The van der Waals surface area contributed by atoms with E-state index >= 15 is 0 Å². The SMILES string of the molecule is CCCCc1ccc(NC(=O)Cn2nc(-c3ccco3)ccc2=O)cc1. The minimum atomic E-state index is -0.342. The minimum absolute atomic E-state index is 0.162. The molecular weight excluding hydrogens is 330 g/mol. The van der Waals surface area contributed by atoms with E-state index in [0.717, 1.165) is 23.9 Å². The predicted molar refractivity (Wildman–Crippen MR) is 99.9 cm³/mol. The molecule has 134 valence electrons. The Bertz CT molecular complexity index is 912. The number of aromatic nitrogens is 2. The molecule has 6 nitrogen and oxygen atoms in total. The van der Waals surface area contributed by atoms with E-state index in [1.54, 1.807) is 18.2 Å². The van der Waals surface area contributed by atoms with Crippen LogP contribution in [0.1, 0.15) is 25.3 Å². The molecule has 1 amide bonds. The number of carbonyl (C=O) groups is 1. The third kappa shape index (κ3) is 4.47. The Balaban J connectivity index is 1.66. The molecule has 0 saturated carbocycles. The van der Waals surface area contributed by atoms with Gasteiger partial charge in [-0.25, -0.2) is 4.68 Å². The Morgan fingerprint density at radius 1 is 1.15 bits per heavy atom. The molecule has 0 saturated heterocycles. The molecule has 6 heteroatoms. The zero-order chi connectivity index (χ0) is 18.4. The van der Waals surface area contributed by atoms with Crippen LogP contribution in [0.5, 0.6) is 0 Å². The molecule has 0 fully saturated rings. The average Bonchev–Trinajstić information content (AvgIpc) is 3.17. The van der Waals surface area contributed by atoms with Gasteiger partial charge in [-0.15, -0.1) is 0 Å². The Labute approximate surface area is 151 Å². The summed E-state index contributed by atoms with van der Waals surface area (Å²) in [6.07, 6.45) is 4.86. The van der Waals surface area contributed by atoms with Gasteiger partial charge in [-0.05, 0) is 48.7 Å². The van der Waals surface area contributed by atoms with Gasteiger partial charge in [0.1, 0.15) is 12.2 Å². The maximum atomic E-state index is 12.3. The molecule has 3 aromatic rings. The summed E-state index contributed by atoms with van der Waals surface area (Å²) in [5, 5.41) is 6.99. The van der Waals surface area contributed by atoms with Crippen molar-refractivity contribution in [3.63, 3.8) is 0 Å². The fourth-order valence-electron chi connectivity index (χ4n) is 2.59. The minimum Gasteiger partial charge on any atom is -0.463 e. The van der Waals surface area contributed by atoms with Crippen molar-refractivity contribution in [1.82, 2.24) is 9.78 Å². The van der Waals surface area contributed by atoms with E-state index in [9.17, 15) is 9.59 Å². The van der Waals surface area contributed by atoms with E-state index in [2.05, 4.69) is 17.3 Å². The van der Waals surface area contributed by atoms with Crippen molar-refractivity contribution < 1.29 is 9.21 Å². The first-order valence-corrected chi connectivity index (χ1v) is 8.66. The number of hydrogen-bond acceptors (Lipinski definition) is 4. The number of rotatable bonds is 7. The Kier molecular flexibility index (Phi) is 5.63. The van der Waals surface area contributed by atoms with Gasteiger partial charge in [-0.3, -0.25) is 9.59 Å². The molecule has 3 rings (SSSR count). The summed E-state index contributed by atoms with van der Waals surface area (Å²) in [7, 11) is 0. The number of carbonyl (C=O) groups excluding carboxylic acids is 1. The first-order chi connectivity index (χ1) is 12.7. The number of nitrogens with zero attached hydrogens (tertiary/aromatic N) is 2. The molecule has 0 aliphatic rings. The normalized spacial score (nSPS) is 10.7.